The highest BCUT2D eigenvalue weighted by molar-refractivity contribution is 8.13. The van der Waals surface area contributed by atoms with Crippen LogP contribution in [0.25, 0.3) is 0 Å². The van der Waals surface area contributed by atoms with Gasteiger partial charge in [-0.2, -0.15) is 12.6 Å². The fraction of sp³-hybridized carbons (Fsp3) is 0.947. The van der Waals surface area contributed by atoms with Gasteiger partial charge in [-0.15, -0.1) is 0 Å². The van der Waals surface area contributed by atoms with E-state index in [2.05, 4.69) is 33.4 Å². The molecule has 2 aliphatic rings. The Hall–Kier alpha value is 0.564. The Labute approximate surface area is 193 Å². The average molecular weight is 499 g/mol. The number of carbonyl (C=O) groups is 1. The van der Waals surface area contributed by atoms with E-state index in [4.69, 9.17) is 26.6 Å². The molecule has 2 aliphatic heterocycles. The molecule has 0 aliphatic carbocycles. The number of thioether (sulfide) groups is 1. The Bertz CT molecular complexity index is 508. The number of hydrogen-bond donors (Lipinski definition) is 1. The van der Waals surface area contributed by atoms with Crippen molar-refractivity contribution in [2.75, 3.05) is 51.1 Å². The summed E-state index contributed by atoms with van der Waals surface area (Å²) in [6, 6.07) is 1.43. The van der Waals surface area contributed by atoms with Crippen molar-refractivity contribution in [1.29, 1.82) is 0 Å². The molecule has 30 heavy (non-hydrogen) atoms. The molecule has 0 N–H and O–H groups in total. The van der Waals surface area contributed by atoms with Crippen LogP contribution in [0.1, 0.15) is 34.1 Å². The maximum absolute atomic E-state index is 11.3. The van der Waals surface area contributed by atoms with Crippen molar-refractivity contribution in [2.24, 2.45) is 17.8 Å². The van der Waals surface area contributed by atoms with E-state index in [0.717, 1.165) is 18.2 Å². The zero-order valence-corrected chi connectivity index (χ0v) is 22.4. The third-order valence-electron chi connectivity index (χ3n) is 4.88. The van der Waals surface area contributed by atoms with Crippen molar-refractivity contribution >= 4 is 47.1 Å². The van der Waals surface area contributed by atoms with Crippen LogP contribution in [-0.4, -0.2) is 73.9 Å². The first kappa shape index (κ1) is 26.8. The van der Waals surface area contributed by atoms with Crippen LogP contribution in [0.3, 0.4) is 0 Å². The van der Waals surface area contributed by atoms with Crippen LogP contribution in [0.4, 0.5) is 0 Å². The van der Waals surface area contributed by atoms with Gasteiger partial charge >= 0.3 is 17.6 Å². The summed E-state index contributed by atoms with van der Waals surface area (Å²) in [6.07, 6.45) is 0.915. The van der Waals surface area contributed by atoms with Gasteiger partial charge in [0.1, 0.15) is 0 Å². The van der Waals surface area contributed by atoms with Gasteiger partial charge in [-0.05, 0) is 12.2 Å². The number of carbonyl (C=O) groups excluding carboxylic acids is 1. The van der Waals surface area contributed by atoms with Crippen LogP contribution >= 0.6 is 24.4 Å². The van der Waals surface area contributed by atoms with Gasteiger partial charge in [0.05, 0.1) is 0 Å². The predicted molar refractivity (Wildman–Crippen MR) is 126 cm³/mol. The quantitative estimate of drug-likeness (QED) is 0.324. The molecule has 0 bridgehead atoms. The first-order valence-electron chi connectivity index (χ1n) is 10.9. The smallest absolute Gasteiger partial charge is 0.373 e. The molecule has 1 atom stereocenters. The molecule has 2 saturated heterocycles. The maximum Gasteiger partial charge on any atom is 0.501 e. The van der Waals surface area contributed by atoms with E-state index in [1.807, 2.05) is 0 Å². The molecule has 7 nitrogen and oxygen atoms in total. The largest absolute Gasteiger partial charge is 0.501 e. The summed E-state index contributed by atoms with van der Waals surface area (Å²) in [5.41, 5.74) is 0. The molecule has 2 rings (SSSR count). The van der Waals surface area contributed by atoms with Crippen LogP contribution < -0.4 is 0 Å². The lowest BCUT2D eigenvalue weighted by Crippen LogP contribution is -2.53. The second kappa shape index (κ2) is 13.3. The Kier molecular flexibility index (Phi) is 11.9. The van der Waals surface area contributed by atoms with Gasteiger partial charge in [-0.3, -0.25) is 4.79 Å². The molecule has 2 fully saturated rings. The summed E-state index contributed by atoms with van der Waals surface area (Å²) in [4.78, 5) is 11.3. The third kappa shape index (κ3) is 9.20. The monoisotopic (exact) mass is 498 g/mol. The van der Waals surface area contributed by atoms with E-state index in [0.29, 0.717) is 63.3 Å². The van der Waals surface area contributed by atoms with Gasteiger partial charge < -0.3 is 26.6 Å². The second-order valence-electron chi connectivity index (χ2n) is 8.46. The van der Waals surface area contributed by atoms with Crippen molar-refractivity contribution in [3.8, 4) is 0 Å². The first-order chi connectivity index (χ1) is 14.3. The number of hydrogen-bond acceptors (Lipinski definition) is 9. The minimum atomic E-state index is -2.76. The van der Waals surface area contributed by atoms with Crippen molar-refractivity contribution in [2.45, 2.75) is 46.2 Å². The minimum Gasteiger partial charge on any atom is -0.373 e. The molecule has 0 amide bonds. The van der Waals surface area contributed by atoms with E-state index in [1.54, 1.807) is 6.92 Å². The van der Waals surface area contributed by atoms with Crippen LogP contribution in [0.5, 0.6) is 0 Å². The van der Waals surface area contributed by atoms with Crippen LogP contribution in [0, 0.1) is 17.8 Å². The lowest BCUT2D eigenvalue weighted by atomic mass is 10.2. The Morgan fingerprint density at radius 3 is 1.90 bits per heavy atom. The zero-order valence-electron chi connectivity index (χ0n) is 18.7. The van der Waals surface area contributed by atoms with Gasteiger partial charge in [0, 0.05) is 82.2 Å². The Morgan fingerprint density at radius 2 is 1.47 bits per heavy atom. The van der Waals surface area contributed by atoms with Gasteiger partial charge in [0.15, 0.2) is 5.12 Å². The van der Waals surface area contributed by atoms with Gasteiger partial charge in [0.25, 0.3) is 0 Å². The summed E-state index contributed by atoms with van der Waals surface area (Å²) in [6.45, 7) is 11.5. The van der Waals surface area contributed by atoms with Gasteiger partial charge in [-0.25, -0.2) is 0 Å². The molecule has 0 saturated carbocycles. The van der Waals surface area contributed by atoms with Gasteiger partial charge in [-0.1, -0.05) is 32.5 Å². The van der Waals surface area contributed by atoms with Crippen LogP contribution in [-0.2, 0) is 31.4 Å². The van der Waals surface area contributed by atoms with E-state index in [1.165, 1.54) is 11.8 Å². The van der Waals surface area contributed by atoms with E-state index in [-0.39, 0.29) is 11.0 Å². The highest BCUT2D eigenvalue weighted by Gasteiger charge is 2.46. The second-order valence-corrected chi connectivity index (χ2v) is 15.6. The predicted octanol–water partition coefficient (Wildman–Crippen LogP) is 3.50. The molecular formula is C19H38O7S2Si2. The Balaban J connectivity index is 1.84. The molecule has 0 aromatic heterocycles. The van der Waals surface area contributed by atoms with Crippen molar-refractivity contribution in [1.82, 2.24) is 0 Å². The summed E-state index contributed by atoms with van der Waals surface area (Å²) in [5.74, 6) is 2.34. The standard InChI is InChI=1S/C19H38O7S2Si2/c1-16-10-21-29(22-11-16,8-5-6-27)23-12-17(2)13-24-30(9-7-28-19(4)20)25-14-18(3)15-26-30/h16-18,27H,5-15H2,1-4H3. The van der Waals surface area contributed by atoms with Crippen molar-refractivity contribution < 1.29 is 31.4 Å². The molecule has 0 aromatic rings. The lowest BCUT2D eigenvalue weighted by Gasteiger charge is -2.37. The van der Waals surface area contributed by atoms with Crippen molar-refractivity contribution in [3.63, 3.8) is 0 Å². The number of thiol groups is 1. The molecule has 11 heteroatoms. The normalized spacial score (nSPS) is 33.4. The molecular weight excluding hydrogens is 461 g/mol. The average Bonchev–Trinajstić information content (AvgIpc) is 2.73. The van der Waals surface area contributed by atoms with Crippen molar-refractivity contribution in [3.05, 3.63) is 0 Å². The van der Waals surface area contributed by atoms with E-state index >= 15 is 0 Å². The fourth-order valence-electron chi connectivity index (χ4n) is 3.06. The minimum absolute atomic E-state index is 0.100. The maximum atomic E-state index is 11.3. The van der Waals surface area contributed by atoms with E-state index < -0.39 is 17.6 Å². The first-order valence-corrected chi connectivity index (χ1v) is 16.3. The Morgan fingerprint density at radius 1 is 1.00 bits per heavy atom. The highest BCUT2D eigenvalue weighted by atomic mass is 32.2. The summed E-state index contributed by atoms with van der Waals surface area (Å²) in [5, 5.41) is 0.100. The highest BCUT2D eigenvalue weighted by Crippen LogP contribution is 2.27. The summed E-state index contributed by atoms with van der Waals surface area (Å²) < 4.78 is 36.8. The summed E-state index contributed by atoms with van der Waals surface area (Å²) >= 11 is 5.61. The molecule has 0 aromatic carbocycles. The topological polar surface area (TPSA) is 72.5 Å². The fourth-order valence-corrected chi connectivity index (χ4v) is 10.4. The SMILES string of the molecule is CC(=O)SCC[Si]1(OCC(C)CO[Si]2(CCCS)OCC(C)CO2)OCC(C)CO1. The lowest BCUT2D eigenvalue weighted by molar-refractivity contribution is -0.109. The van der Waals surface area contributed by atoms with Gasteiger partial charge in [0.2, 0.25) is 0 Å². The van der Waals surface area contributed by atoms with Crippen LogP contribution in [0.15, 0.2) is 0 Å². The third-order valence-corrected chi connectivity index (χ3v) is 11.8. The molecule has 176 valence electrons. The van der Waals surface area contributed by atoms with E-state index in [9.17, 15) is 4.79 Å². The zero-order chi connectivity index (χ0) is 22.0. The molecule has 0 radical (unpaired) electrons. The molecule has 1 unspecified atom stereocenters. The van der Waals surface area contributed by atoms with Crippen LogP contribution in [0.2, 0.25) is 12.1 Å². The molecule has 0 spiro atoms. The summed E-state index contributed by atoms with van der Waals surface area (Å²) in [7, 11) is -5.40. The number of rotatable bonds is 12. The molecule has 2 heterocycles.